The van der Waals surface area contributed by atoms with Gasteiger partial charge in [0, 0.05) is 10.9 Å². The SMILES string of the molecule is N#Cc1cccc(COc2ccc(CBr)cc2F)c1F. The largest absolute Gasteiger partial charge is 0.486 e. The van der Waals surface area contributed by atoms with Gasteiger partial charge in [-0.1, -0.05) is 34.1 Å². The van der Waals surface area contributed by atoms with Gasteiger partial charge in [0.1, 0.15) is 18.5 Å². The first kappa shape index (κ1) is 14.5. The minimum Gasteiger partial charge on any atom is -0.486 e. The van der Waals surface area contributed by atoms with Crippen molar-refractivity contribution in [2.75, 3.05) is 0 Å². The number of rotatable bonds is 4. The van der Waals surface area contributed by atoms with E-state index in [1.807, 2.05) is 0 Å². The number of hydrogen-bond acceptors (Lipinski definition) is 2. The van der Waals surface area contributed by atoms with E-state index in [0.717, 1.165) is 5.56 Å². The van der Waals surface area contributed by atoms with Gasteiger partial charge in [0.05, 0.1) is 5.56 Å². The van der Waals surface area contributed by atoms with Crippen LogP contribution in [0.15, 0.2) is 36.4 Å². The maximum absolute atomic E-state index is 13.8. The van der Waals surface area contributed by atoms with E-state index in [4.69, 9.17) is 10.00 Å². The Balaban J connectivity index is 2.15. The van der Waals surface area contributed by atoms with Crippen LogP contribution < -0.4 is 4.74 Å². The van der Waals surface area contributed by atoms with Crippen LogP contribution in [0.4, 0.5) is 8.78 Å². The van der Waals surface area contributed by atoms with Gasteiger partial charge in [-0.3, -0.25) is 0 Å². The van der Waals surface area contributed by atoms with Crippen LogP contribution in [-0.4, -0.2) is 0 Å². The van der Waals surface area contributed by atoms with Gasteiger partial charge >= 0.3 is 0 Å². The van der Waals surface area contributed by atoms with E-state index in [9.17, 15) is 8.78 Å². The molecule has 0 heterocycles. The predicted molar refractivity (Wildman–Crippen MR) is 74.5 cm³/mol. The normalized spacial score (nSPS) is 10.1. The van der Waals surface area contributed by atoms with Crippen molar-refractivity contribution in [3.63, 3.8) is 0 Å². The lowest BCUT2D eigenvalue weighted by molar-refractivity contribution is 0.284. The number of nitriles is 1. The third-order valence-electron chi connectivity index (χ3n) is 2.73. The highest BCUT2D eigenvalue weighted by molar-refractivity contribution is 9.08. The summed E-state index contributed by atoms with van der Waals surface area (Å²) in [7, 11) is 0. The highest BCUT2D eigenvalue weighted by atomic mass is 79.9. The summed E-state index contributed by atoms with van der Waals surface area (Å²) < 4.78 is 32.7. The number of halogens is 3. The second-order valence-electron chi connectivity index (χ2n) is 4.08. The van der Waals surface area contributed by atoms with Crippen LogP contribution in [0, 0.1) is 23.0 Å². The maximum Gasteiger partial charge on any atom is 0.165 e. The molecule has 2 nitrogen and oxygen atoms in total. The zero-order valence-electron chi connectivity index (χ0n) is 10.4. The van der Waals surface area contributed by atoms with Gasteiger partial charge in [0.15, 0.2) is 11.6 Å². The third kappa shape index (κ3) is 3.14. The molecule has 0 saturated carbocycles. The molecular weight excluding hydrogens is 328 g/mol. The van der Waals surface area contributed by atoms with Crippen molar-refractivity contribution in [2.24, 2.45) is 0 Å². The maximum atomic E-state index is 13.8. The average molecular weight is 338 g/mol. The number of hydrogen-bond donors (Lipinski definition) is 0. The quantitative estimate of drug-likeness (QED) is 0.779. The van der Waals surface area contributed by atoms with Crippen molar-refractivity contribution in [3.05, 3.63) is 64.7 Å². The molecule has 0 fully saturated rings. The lowest BCUT2D eigenvalue weighted by Gasteiger charge is -2.09. The molecule has 0 atom stereocenters. The first-order chi connectivity index (χ1) is 9.65. The Labute approximate surface area is 123 Å². The molecule has 0 aromatic heterocycles. The molecular formula is C15H10BrF2NO. The first-order valence-electron chi connectivity index (χ1n) is 5.80. The van der Waals surface area contributed by atoms with Crippen LogP contribution in [0.3, 0.4) is 0 Å². The zero-order chi connectivity index (χ0) is 14.5. The molecule has 0 bridgehead atoms. The smallest absolute Gasteiger partial charge is 0.165 e. The molecule has 20 heavy (non-hydrogen) atoms. The van der Waals surface area contributed by atoms with Crippen LogP contribution in [0.2, 0.25) is 0 Å². The van der Waals surface area contributed by atoms with E-state index >= 15 is 0 Å². The van der Waals surface area contributed by atoms with Crippen molar-refractivity contribution in [3.8, 4) is 11.8 Å². The van der Waals surface area contributed by atoms with Gasteiger partial charge < -0.3 is 4.74 Å². The summed E-state index contributed by atoms with van der Waals surface area (Å²) in [5.41, 5.74) is 0.946. The molecule has 2 aromatic rings. The van der Waals surface area contributed by atoms with Crippen molar-refractivity contribution < 1.29 is 13.5 Å². The fraction of sp³-hybridized carbons (Fsp3) is 0.133. The molecule has 2 aromatic carbocycles. The van der Waals surface area contributed by atoms with Gasteiger partial charge in [0.2, 0.25) is 0 Å². The third-order valence-corrected chi connectivity index (χ3v) is 3.38. The van der Waals surface area contributed by atoms with E-state index in [-0.39, 0.29) is 23.5 Å². The van der Waals surface area contributed by atoms with E-state index in [1.54, 1.807) is 18.2 Å². The minimum absolute atomic E-state index is 0.0523. The molecule has 5 heteroatoms. The Kier molecular flexibility index (Phi) is 4.70. The first-order valence-corrected chi connectivity index (χ1v) is 6.92. The Morgan fingerprint density at radius 3 is 2.65 bits per heavy atom. The summed E-state index contributed by atoms with van der Waals surface area (Å²) in [4.78, 5) is 0. The average Bonchev–Trinajstić information content (AvgIpc) is 2.47. The fourth-order valence-electron chi connectivity index (χ4n) is 1.68. The molecule has 0 saturated heterocycles. The molecule has 0 aliphatic heterocycles. The molecule has 0 spiro atoms. The van der Waals surface area contributed by atoms with Crippen LogP contribution in [0.25, 0.3) is 0 Å². The molecule has 2 rings (SSSR count). The monoisotopic (exact) mass is 337 g/mol. The summed E-state index contributed by atoms with van der Waals surface area (Å²) in [6, 6.07) is 10.8. The summed E-state index contributed by atoms with van der Waals surface area (Å²) in [5.74, 6) is -1.08. The topological polar surface area (TPSA) is 33.0 Å². The highest BCUT2D eigenvalue weighted by Gasteiger charge is 2.10. The predicted octanol–water partition coefficient (Wildman–Crippen LogP) is 4.31. The minimum atomic E-state index is -0.632. The number of benzene rings is 2. The van der Waals surface area contributed by atoms with Gasteiger partial charge in [0.25, 0.3) is 0 Å². The lowest BCUT2D eigenvalue weighted by atomic mass is 10.1. The van der Waals surface area contributed by atoms with E-state index < -0.39 is 11.6 Å². The van der Waals surface area contributed by atoms with E-state index in [2.05, 4.69) is 15.9 Å². The summed E-state index contributed by atoms with van der Waals surface area (Å²) in [5, 5.41) is 9.28. The molecule has 0 N–H and O–H groups in total. The summed E-state index contributed by atoms with van der Waals surface area (Å²) >= 11 is 3.23. The Bertz CT molecular complexity index is 667. The zero-order valence-corrected chi connectivity index (χ0v) is 12.0. The van der Waals surface area contributed by atoms with Crippen LogP contribution >= 0.6 is 15.9 Å². The second kappa shape index (κ2) is 6.49. The van der Waals surface area contributed by atoms with Gasteiger partial charge in [-0.2, -0.15) is 5.26 Å². The number of ether oxygens (including phenoxy) is 1. The van der Waals surface area contributed by atoms with E-state index in [1.165, 1.54) is 24.3 Å². The Hall–Kier alpha value is -1.93. The Morgan fingerprint density at radius 1 is 1.20 bits per heavy atom. The van der Waals surface area contributed by atoms with E-state index in [0.29, 0.717) is 5.33 Å². The molecule has 0 aliphatic rings. The molecule has 0 amide bonds. The summed E-state index contributed by atoms with van der Waals surface area (Å²) in [6.45, 7) is -0.133. The van der Waals surface area contributed by atoms with Gasteiger partial charge in [-0.15, -0.1) is 0 Å². The lowest BCUT2D eigenvalue weighted by Crippen LogP contribution is -2.01. The second-order valence-corrected chi connectivity index (χ2v) is 4.64. The van der Waals surface area contributed by atoms with Crippen molar-refractivity contribution in [2.45, 2.75) is 11.9 Å². The highest BCUT2D eigenvalue weighted by Crippen LogP contribution is 2.22. The molecule has 0 radical (unpaired) electrons. The van der Waals surface area contributed by atoms with Crippen molar-refractivity contribution >= 4 is 15.9 Å². The van der Waals surface area contributed by atoms with Crippen LogP contribution in [-0.2, 0) is 11.9 Å². The van der Waals surface area contributed by atoms with Gasteiger partial charge in [-0.25, -0.2) is 8.78 Å². The summed E-state index contributed by atoms with van der Waals surface area (Å²) in [6.07, 6.45) is 0. The molecule has 0 unspecified atom stereocenters. The van der Waals surface area contributed by atoms with Crippen LogP contribution in [0.1, 0.15) is 16.7 Å². The fourth-order valence-corrected chi connectivity index (χ4v) is 2.03. The number of alkyl halides is 1. The van der Waals surface area contributed by atoms with Crippen LogP contribution in [0.5, 0.6) is 5.75 Å². The number of nitrogens with zero attached hydrogens (tertiary/aromatic N) is 1. The molecule has 0 aliphatic carbocycles. The Morgan fingerprint density at radius 2 is 2.00 bits per heavy atom. The van der Waals surface area contributed by atoms with Crippen molar-refractivity contribution in [1.29, 1.82) is 5.26 Å². The standard InChI is InChI=1S/C15H10BrF2NO/c16-7-10-4-5-14(13(17)6-10)20-9-12-3-1-2-11(8-19)15(12)18/h1-6H,7,9H2. The van der Waals surface area contributed by atoms with Crippen molar-refractivity contribution in [1.82, 2.24) is 0 Å². The van der Waals surface area contributed by atoms with Gasteiger partial charge in [-0.05, 0) is 23.8 Å². The molecule has 102 valence electrons.